The van der Waals surface area contributed by atoms with Crippen molar-refractivity contribution in [3.63, 3.8) is 0 Å². The van der Waals surface area contributed by atoms with E-state index in [0.29, 0.717) is 19.3 Å². The lowest BCUT2D eigenvalue weighted by atomic mass is 9.98. The molecule has 0 spiro atoms. The first-order valence-corrected chi connectivity index (χ1v) is 10.9. The smallest absolute Gasteiger partial charge is 0.449 e. The summed E-state index contributed by atoms with van der Waals surface area (Å²) in [5.41, 5.74) is -0.279. The molecule has 2 N–H and O–H groups in total. The van der Waals surface area contributed by atoms with Gasteiger partial charge in [0.15, 0.2) is 5.06 Å². The Bertz CT molecular complexity index is 989. The molecule has 6 nitrogen and oxygen atoms in total. The summed E-state index contributed by atoms with van der Waals surface area (Å²) in [6, 6.07) is 9.93. The number of benzene rings is 1. The van der Waals surface area contributed by atoms with Crippen LogP contribution in [-0.4, -0.2) is 45.9 Å². The molecule has 170 valence electrons. The van der Waals surface area contributed by atoms with E-state index < -0.39 is 24.2 Å². The molecule has 0 bridgehead atoms. The molecule has 1 fully saturated rings. The fraction of sp³-hybridized carbons (Fsp3) is 0.304. The number of alkyl halides is 2. The Morgan fingerprint density at radius 1 is 1.28 bits per heavy atom. The number of ether oxygens (including phenoxy) is 1. The van der Waals surface area contributed by atoms with E-state index in [0.717, 1.165) is 22.3 Å². The SMILES string of the molecule is O=C(O)Oc1ccc(/C=C\CN2C(=O)CCC[C@@H]2/C=C/[C@@H](O)C(F)(F)c2ccccc2)s1. The molecule has 0 aliphatic carbocycles. The van der Waals surface area contributed by atoms with E-state index in [-0.39, 0.29) is 23.1 Å². The van der Waals surface area contributed by atoms with Gasteiger partial charge in [-0.1, -0.05) is 59.9 Å². The van der Waals surface area contributed by atoms with Crippen LogP contribution in [0.15, 0.2) is 60.7 Å². The van der Waals surface area contributed by atoms with Crippen molar-refractivity contribution >= 4 is 29.5 Å². The van der Waals surface area contributed by atoms with Gasteiger partial charge in [-0.3, -0.25) is 4.79 Å². The van der Waals surface area contributed by atoms with E-state index >= 15 is 0 Å². The minimum absolute atomic E-state index is 0.0964. The van der Waals surface area contributed by atoms with Crippen LogP contribution in [0.4, 0.5) is 13.6 Å². The third-order valence-electron chi connectivity index (χ3n) is 5.03. The molecular formula is C23H23F2NO5S. The fourth-order valence-electron chi connectivity index (χ4n) is 3.42. The van der Waals surface area contributed by atoms with Crippen LogP contribution < -0.4 is 4.74 Å². The topological polar surface area (TPSA) is 87.1 Å². The second-order valence-electron chi connectivity index (χ2n) is 7.25. The standard InChI is InChI=1S/C23H23F2NO5S/c24-23(25,16-6-2-1-3-7-16)19(27)13-11-17-8-4-10-20(28)26(17)15-5-9-18-12-14-21(32-18)31-22(29)30/h1-3,5-7,9,11-14,17,19,27H,4,8,10,15H2,(H,29,30)/b9-5-,13-11+/t17-,19-/m1/s1. The van der Waals surface area contributed by atoms with Gasteiger partial charge in [0, 0.05) is 23.4 Å². The Kier molecular flexibility index (Phi) is 7.76. The van der Waals surface area contributed by atoms with Crippen LogP contribution >= 0.6 is 11.3 Å². The molecule has 1 aromatic heterocycles. The van der Waals surface area contributed by atoms with E-state index in [1.165, 1.54) is 36.4 Å². The summed E-state index contributed by atoms with van der Waals surface area (Å²) in [6.45, 7) is 0.256. The molecule has 0 unspecified atom stereocenters. The van der Waals surface area contributed by atoms with Gasteiger partial charge in [0.2, 0.25) is 5.91 Å². The second kappa shape index (κ2) is 10.5. The molecule has 2 atom stereocenters. The lowest BCUT2D eigenvalue weighted by Crippen LogP contribution is -2.43. The predicted octanol–water partition coefficient (Wildman–Crippen LogP) is 4.91. The first-order chi connectivity index (χ1) is 15.3. The number of thiophene rings is 1. The number of carbonyl (C=O) groups excluding carboxylic acids is 1. The van der Waals surface area contributed by atoms with Crippen LogP contribution in [0.25, 0.3) is 6.08 Å². The van der Waals surface area contributed by atoms with Crippen molar-refractivity contribution in [2.24, 2.45) is 0 Å². The highest BCUT2D eigenvalue weighted by atomic mass is 32.1. The number of carbonyl (C=O) groups is 2. The minimum atomic E-state index is -3.45. The van der Waals surface area contributed by atoms with Crippen LogP contribution in [0.5, 0.6) is 5.06 Å². The van der Waals surface area contributed by atoms with Gasteiger partial charge in [0.25, 0.3) is 0 Å². The Balaban J connectivity index is 1.65. The highest BCUT2D eigenvalue weighted by Gasteiger charge is 2.39. The lowest BCUT2D eigenvalue weighted by molar-refractivity contribution is -0.134. The molecule has 32 heavy (non-hydrogen) atoms. The number of aliphatic hydroxyl groups is 1. The summed E-state index contributed by atoms with van der Waals surface area (Å²) >= 11 is 1.14. The number of piperidine rings is 1. The van der Waals surface area contributed by atoms with Crippen LogP contribution in [0.2, 0.25) is 0 Å². The van der Waals surface area contributed by atoms with Gasteiger partial charge < -0.3 is 19.8 Å². The number of hydrogen-bond donors (Lipinski definition) is 2. The van der Waals surface area contributed by atoms with Crippen molar-refractivity contribution in [3.8, 4) is 5.06 Å². The number of aliphatic hydroxyl groups excluding tert-OH is 1. The molecule has 0 saturated carbocycles. The van der Waals surface area contributed by atoms with Gasteiger partial charge in [0.05, 0.1) is 6.04 Å². The maximum atomic E-state index is 14.5. The summed E-state index contributed by atoms with van der Waals surface area (Å²) < 4.78 is 33.6. The van der Waals surface area contributed by atoms with Gasteiger partial charge in [-0.25, -0.2) is 4.79 Å². The largest absolute Gasteiger partial charge is 0.512 e. The van der Waals surface area contributed by atoms with Crippen LogP contribution in [0.1, 0.15) is 29.7 Å². The third-order valence-corrected chi connectivity index (χ3v) is 5.96. The molecule has 1 saturated heterocycles. The number of amides is 1. The van der Waals surface area contributed by atoms with Gasteiger partial charge in [-0.15, -0.1) is 0 Å². The highest BCUT2D eigenvalue weighted by Crippen LogP contribution is 2.33. The van der Waals surface area contributed by atoms with Crippen LogP contribution in [0, 0.1) is 0 Å². The molecule has 2 heterocycles. The molecule has 1 aliphatic rings. The molecule has 3 rings (SSSR count). The van der Waals surface area contributed by atoms with Gasteiger partial charge >= 0.3 is 12.1 Å². The van der Waals surface area contributed by atoms with Crippen LogP contribution in [0.3, 0.4) is 0 Å². The fourth-order valence-corrected chi connectivity index (χ4v) is 4.20. The monoisotopic (exact) mass is 463 g/mol. The number of rotatable bonds is 8. The molecule has 0 radical (unpaired) electrons. The number of carboxylic acid groups (broad SMARTS) is 1. The molecule has 1 aliphatic heterocycles. The zero-order valence-electron chi connectivity index (χ0n) is 17.1. The van der Waals surface area contributed by atoms with Crippen molar-refractivity contribution in [1.82, 2.24) is 4.90 Å². The van der Waals surface area contributed by atoms with E-state index in [1.54, 1.807) is 29.2 Å². The second-order valence-corrected chi connectivity index (χ2v) is 8.33. The Labute approximate surface area is 188 Å². The zero-order chi connectivity index (χ0) is 23.1. The summed E-state index contributed by atoms with van der Waals surface area (Å²) in [6.07, 6.45) is 4.22. The zero-order valence-corrected chi connectivity index (χ0v) is 17.9. The van der Waals surface area contributed by atoms with E-state index in [4.69, 9.17) is 5.11 Å². The summed E-state index contributed by atoms with van der Waals surface area (Å²) in [5.74, 6) is -3.54. The van der Waals surface area contributed by atoms with E-state index in [9.17, 15) is 23.5 Å². The number of nitrogens with zero attached hydrogens (tertiary/aromatic N) is 1. The maximum Gasteiger partial charge on any atom is 0.512 e. The average molecular weight is 464 g/mol. The first kappa shape index (κ1) is 23.6. The van der Waals surface area contributed by atoms with Crippen molar-refractivity contribution in [2.45, 2.75) is 37.3 Å². The summed E-state index contributed by atoms with van der Waals surface area (Å²) in [4.78, 5) is 25.3. The first-order valence-electron chi connectivity index (χ1n) is 10.0. The summed E-state index contributed by atoms with van der Waals surface area (Å²) in [7, 11) is 0. The Morgan fingerprint density at radius 2 is 2.03 bits per heavy atom. The molecule has 9 heteroatoms. The number of halogens is 2. The Morgan fingerprint density at radius 3 is 2.75 bits per heavy atom. The maximum absolute atomic E-state index is 14.5. The van der Waals surface area contributed by atoms with Crippen molar-refractivity contribution in [1.29, 1.82) is 0 Å². The lowest BCUT2D eigenvalue weighted by Gasteiger charge is -2.33. The average Bonchev–Trinajstić information content (AvgIpc) is 3.20. The normalized spacial score (nSPS) is 18.4. The van der Waals surface area contributed by atoms with Gasteiger partial charge in [0.1, 0.15) is 6.10 Å². The third kappa shape index (κ3) is 6.02. The van der Waals surface area contributed by atoms with Crippen molar-refractivity contribution < 1.29 is 33.3 Å². The summed E-state index contributed by atoms with van der Waals surface area (Å²) in [5, 5.41) is 19.0. The molecule has 1 amide bonds. The Hall–Kier alpha value is -3.04. The van der Waals surface area contributed by atoms with E-state index in [2.05, 4.69) is 4.74 Å². The molecule has 1 aromatic carbocycles. The molecule has 2 aromatic rings. The van der Waals surface area contributed by atoms with Gasteiger partial charge in [-0.05, 0) is 31.1 Å². The minimum Gasteiger partial charge on any atom is -0.449 e. The van der Waals surface area contributed by atoms with E-state index in [1.807, 2.05) is 0 Å². The highest BCUT2D eigenvalue weighted by molar-refractivity contribution is 7.14. The van der Waals surface area contributed by atoms with Gasteiger partial charge in [-0.2, -0.15) is 8.78 Å². The number of hydrogen-bond acceptors (Lipinski definition) is 5. The molecular weight excluding hydrogens is 440 g/mol. The predicted molar refractivity (Wildman–Crippen MR) is 117 cm³/mol. The van der Waals surface area contributed by atoms with Crippen LogP contribution in [-0.2, 0) is 10.7 Å². The van der Waals surface area contributed by atoms with Crippen molar-refractivity contribution in [2.75, 3.05) is 6.54 Å². The quantitative estimate of drug-likeness (QED) is 0.429. The number of likely N-dealkylation sites (tertiary alicyclic amines) is 1. The van der Waals surface area contributed by atoms with Crippen molar-refractivity contribution in [3.05, 3.63) is 71.1 Å².